The number of rotatable bonds is 5. The highest BCUT2D eigenvalue weighted by atomic mass is 19.3. The molecule has 27 heavy (non-hydrogen) atoms. The fourth-order valence-electron chi connectivity index (χ4n) is 2.73. The van der Waals surface area contributed by atoms with E-state index < -0.39 is 30.9 Å². The lowest BCUT2D eigenvalue weighted by molar-refractivity contribution is -0.305. The molecule has 3 rings (SSSR count). The second-order valence-corrected chi connectivity index (χ2v) is 5.62. The van der Waals surface area contributed by atoms with E-state index in [0.717, 1.165) is 0 Å². The molecular weight excluding hydrogens is 360 g/mol. The van der Waals surface area contributed by atoms with Gasteiger partial charge in [-0.1, -0.05) is 30.3 Å². The molecule has 0 atom stereocenters. The number of halogens is 2. The summed E-state index contributed by atoms with van der Waals surface area (Å²) in [6.07, 6.45) is 1.45. The highest BCUT2D eigenvalue weighted by molar-refractivity contribution is 6.34. The number of fused-ring (bicyclic) bond motifs is 1. The van der Waals surface area contributed by atoms with Gasteiger partial charge in [0.15, 0.2) is 0 Å². The molecule has 0 aliphatic carbocycles. The van der Waals surface area contributed by atoms with Gasteiger partial charge in [-0.25, -0.2) is 0 Å². The van der Waals surface area contributed by atoms with Gasteiger partial charge in [-0.15, -0.1) is 0 Å². The van der Waals surface area contributed by atoms with E-state index in [9.17, 15) is 28.3 Å². The number of amides is 2. The molecule has 0 saturated carbocycles. The van der Waals surface area contributed by atoms with E-state index in [1.165, 1.54) is 36.4 Å². The Hall–Kier alpha value is -3.55. The molecule has 8 heteroatoms. The van der Waals surface area contributed by atoms with Crippen LogP contribution in [-0.2, 0) is 9.59 Å². The van der Waals surface area contributed by atoms with Crippen LogP contribution in [0.25, 0.3) is 11.6 Å². The molecule has 2 amide bonds. The third-order valence-electron chi connectivity index (χ3n) is 3.87. The van der Waals surface area contributed by atoms with Gasteiger partial charge in [-0.2, -0.15) is 8.78 Å². The molecule has 0 bridgehead atoms. The van der Waals surface area contributed by atoms with E-state index in [2.05, 4.69) is 4.74 Å². The number of carboxylic acids is 1. The Labute approximate surface area is 152 Å². The predicted molar refractivity (Wildman–Crippen MR) is 88.4 cm³/mol. The highest BCUT2D eigenvalue weighted by Crippen LogP contribution is 2.30. The van der Waals surface area contributed by atoms with E-state index in [4.69, 9.17) is 0 Å². The van der Waals surface area contributed by atoms with Gasteiger partial charge in [0, 0.05) is 11.1 Å². The van der Waals surface area contributed by atoms with Crippen LogP contribution in [-0.4, -0.2) is 35.8 Å². The third kappa shape index (κ3) is 3.84. The fraction of sp³-hybridized carbons (Fsp3) is 0.105. The zero-order valence-corrected chi connectivity index (χ0v) is 13.7. The molecule has 1 aliphatic heterocycles. The number of benzene rings is 2. The number of carbonyl (C=O) groups excluding carboxylic acids is 3. The van der Waals surface area contributed by atoms with Gasteiger partial charge in [-0.3, -0.25) is 14.5 Å². The van der Waals surface area contributed by atoms with Crippen LogP contribution in [0.4, 0.5) is 8.78 Å². The summed E-state index contributed by atoms with van der Waals surface area (Å²) in [5.74, 6) is -3.12. The minimum atomic E-state index is -2.95. The molecule has 138 valence electrons. The maximum absolute atomic E-state index is 12.7. The normalized spacial score (nSPS) is 15.2. The molecule has 1 heterocycles. The number of ether oxygens (including phenoxy) is 1. The molecule has 0 aromatic heterocycles. The highest BCUT2D eigenvalue weighted by Gasteiger charge is 2.34. The summed E-state index contributed by atoms with van der Waals surface area (Å²) in [7, 11) is 0. The van der Waals surface area contributed by atoms with Crippen LogP contribution in [0.3, 0.4) is 0 Å². The van der Waals surface area contributed by atoms with Crippen LogP contribution in [0.15, 0.2) is 48.5 Å². The van der Waals surface area contributed by atoms with Crippen LogP contribution < -0.4 is 9.84 Å². The number of carboxylic acid groups (broad SMARTS) is 1. The van der Waals surface area contributed by atoms with Gasteiger partial charge in [0.05, 0.1) is 12.5 Å². The van der Waals surface area contributed by atoms with Crippen molar-refractivity contribution in [1.82, 2.24) is 4.90 Å². The number of alkyl halides is 2. The minimum Gasteiger partial charge on any atom is -0.548 e. The van der Waals surface area contributed by atoms with Crippen LogP contribution in [0, 0.1) is 0 Å². The molecule has 1 aliphatic rings. The second-order valence-electron chi connectivity index (χ2n) is 5.62. The Morgan fingerprint density at radius 2 is 1.67 bits per heavy atom. The monoisotopic (exact) mass is 372 g/mol. The number of hydrogen-bond acceptors (Lipinski definition) is 5. The molecule has 0 saturated heterocycles. The maximum Gasteiger partial charge on any atom is 0.387 e. The summed E-state index contributed by atoms with van der Waals surface area (Å²) in [6, 6.07) is 11.8. The number of hydrogen-bond donors (Lipinski definition) is 0. The first kappa shape index (κ1) is 18.2. The molecule has 6 nitrogen and oxygen atoms in total. The maximum atomic E-state index is 12.7. The minimum absolute atomic E-state index is 0.0451. The zero-order valence-electron chi connectivity index (χ0n) is 13.7. The quantitative estimate of drug-likeness (QED) is 0.587. The Morgan fingerprint density at radius 1 is 1.04 bits per heavy atom. The van der Waals surface area contributed by atoms with Crippen molar-refractivity contribution >= 4 is 29.4 Å². The average Bonchev–Trinajstić information content (AvgIpc) is 2.63. The van der Waals surface area contributed by atoms with Gasteiger partial charge >= 0.3 is 6.61 Å². The van der Waals surface area contributed by atoms with Crippen molar-refractivity contribution < 1.29 is 33.0 Å². The Balaban J connectivity index is 2.03. The number of carbonyl (C=O) groups is 3. The molecule has 2 aromatic carbocycles. The van der Waals surface area contributed by atoms with Crippen molar-refractivity contribution in [1.29, 1.82) is 0 Å². The Bertz CT molecular complexity index is 937. The molecule has 0 radical (unpaired) electrons. The van der Waals surface area contributed by atoms with Gasteiger partial charge in [-0.05, 0) is 35.4 Å². The van der Waals surface area contributed by atoms with Crippen molar-refractivity contribution in [2.45, 2.75) is 6.61 Å². The van der Waals surface area contributed by atoms with E-state index in [-0.39, 0.29) is 16.9 Å². The van der Waals surface area contributed by atoms with E-state index in [0.29, 0.717) is 16.0 Å². The van der Waals surface area contributed by atoms with E-state index >= 15 is 0 Å². The number of nitrogens with zero attached hydrogens (tertiary/aromatic N) is 1. The van der Waals surface area contributed by atoms with E-state index in [1.54, 1.807) is 18.2 Å². The summed E-state index contributed by atoms with van der Waals surface area (Å²) in [5.41, 5.74) is 1.13. The van der Waals surface area contributed by atoms with Crippen LogP contribution in [0.2, 0.25) is 0 Å². The van der Waals surface area contributed by atoms with Crippen molar-refractivity contribution in [3.05, 3.63) is 65.2 Å². The van der Waals surface area contributed by atoms with E-state index in [1.807, 2.05) is 0 Å². The second kappa shape index (κ2) is 7.36. The van der Waals surface area contributed by atoms with Crippen molar-refractivity contribution in [3.63, 3.8) is 0 Å². The number of imide groups is 1. The van der Waals surface area contributed by atoms with Crippen molar-refractivity contribution in [3.8, 4) is 5.75 Å². The summed E-state index contributed by atoms with van der Waals surface area (Å²) in [4.78, 5) is 36.6. The lowest BCUT2D eigenvalue weighted by Crippen LogP contribution is -2.47. The first-order chi connectivity index (χ1) is 12.9. The van der Waals surface area contributed by atoms with Crippen LogP contribution in [0.1, 0.15) is 21.5 Å². The summed E-state index contributed by atoms with van der Waals surface area (Å²) in [5, 5.41) is 10.9. The van der Waals surface area contributed by atoms with Crippen molar-refractivity contribution in [2.75, 3.05) is 6.54 Å². The average molecular weight is 372 g/mol. The summed E-state index contributed by atoms with van der Waals surface area (Å²) >= 11 is 0. The predicted octanol–water partition coefficient (Wildman–Crippen LogP) is 1.56. The van der Waals surface area contributed by atoms with Crippen LogP contribution in [0.5, 0.6) is 5.75 Å². The zero-order chi connectivity index (χ0) is 19.6. The first-order valence-electron chi connectivity index (χ1n) is 7.79. The third-order valence-corrected chi connectivity index (χ3v) is 3.87. The van der Waals surface area contributed by atoms with Gasteiger partial charge in [0.25, 0.3) is 11.8 Å². The van der Waals surface area contributed by atoms with Gasteiger partial charge in [0.2, 0.25) is 0 Å². The lowest BCUT2D eigenvalue weighted by atomic mass is 9.92. The fourth-order valence-corrected chi connectivity index (χ4v) is 2.73. The largest absolute Gasteiger partial charge is 0.548 e. The summed E-state index contributed by atoms with van der Waals surface area (Å²) in [6.45, 7) is -3.82. The summed E-state index contributed by atoms with van der Waals surface area (Å²) < 4.78 is 28.7. The first-order valence-corrected chi connectivity index (χ1v) is 7.79. The molecule has 0 unspecified atom stereocenters. The molecule has 2 aromatic rings. The molecule has 0 N–H and O–H groups in total. The van der Waals surface area contributed by atoms with Gasteiger partial charge < -0.3 is 14.6 Å². The lowest BCUT2D eigenvalue weighted by Gasteiger charge is -2.28. The number of aliphatic carboxylic acids is 1. The standard InChI is InChI=1S/C19H13F2NO5/c20-19(21)27-12-7-5-11(6-8-12)9-15-13-3-1-2-4-14(13)17(25)22(18(15)26)10-16(23)24/h1-9,19H,10H2,(H,23,24)/p-1/b15-9-. The SMILES string of the molecule is O=C([O-])CN1C(=O)/C(=C\c2ccc(OC(F)F)cc2)c2ccccc2C1=O. The molecule has 0 spiro atoms. The Morgan fingerprint density at radius 3 is 2.26 bits per heavy atom. The smallest absolute Gasteiger partial charge is 0.387 e. The topological polar surface area (TPSA) is 86.7 Å². The Kier molecular flexibility index (Phi) is 4.98. The van der Waals surface area contributed by atoms with Gasteiger partial charge in [0.1, 0.15) is 5.75 Å². The van der Waals surface area contributed by atoms with Crippen molar-refractivity contribution in [2.24, 2.45) is 0 Å². The molecule has 0 fully saturated rings. The van der Waals surface area contributed by atoms with Crippen LogP contribution >= 0.6 is 0 Å². The molecular formula is C19H12F2NO5-.